The van der Waals surface area contributed by atoms with Crippen molar-refractivity contribution in [3.05, 3.63) is 18.2 Å². The van der Waals surface area contributed by atoms with E-state index in [0.29, 0.717) is 36.9 Å². The number of carbonyl (C=O) groups is 1. The second-order valence-electron chi connectivity index (χ2n) is 6.04. The third-order valence-electron chi connectivity index (χ3n) is 3.97. The zero-order valence-corrected chi connectivity index (χ0v) is 15.6. The molecule has 0 radical (unpaired) electrons. The van der Waals surface area contributed by atoms with E-state index in [0.717, 1.165) is 12.8 Å². The zero-order valence-electron chi connectivity index (χ0n) is 14.0. The first-order valence-corrected chi connectivity index (χ1v) is 11.1. The van der Waals surface area contributed by atoms with Crippen LogP contribution in [0, 0.1) is 0 Å². The zero-order chi connectivity index (χ0) is 17.9. The fourth-order valence-electron chi connectivity index (χ4n) is 2.45. The van der Waals surface area contributed by atoms with Crippen LogP contribution in [0.3, 0.4) is 0 Å². The lowest BCUT2D eigenvalue weighted by atomic mass is 10.2. The van der Waals surface area contributed by atoms with Crippen LogP contribution in [0.1, 0.15) is 19.3 Å². The first-order valence-electron chi connectivity index (χ1n) is 8.21. The summed E-state index contributed by atoms with van der Waals surface area (Å²) in [5.74, 6) is 1.34. The largest absolute Gasteiger partial charge is 0.486 e. The van der Waals surface area contributed by atoms with Crippen molar-refractivity contribution in [2.24, 2.45) is 0 Å². The third kappa shape index (κ3) is 4.80. The molecule has 7 nitrogen and oxygen atoms in total. The van der Waals surface area contributed by atoms with Crippen LogP contribution >= 0.6 is 11.8 Å². The summed E-state index contributed by atoms with van der Waals surface area (Å²) in [5, 5.41) is 2.87. The molecule has 25 heavy (non-hydrogen) atoms. The van der Waals surface area contributed by atoms with Gasteiger partial charge in [-0.15, -0.1) is 0 Å². The van der Waals surface area contributed by atoms with Crippen LogP contribution in [0.15, 0.2) is 23.1 Å². The Morgan fingerprint density at radius 1 is 1.28 bits per heavy atom. The molecular weight excluding hydrogens is 364 g/mol. The summed E-state index contributed by atoms with van der Waals surface area (Å²) >= 11 is 1.57. The van der Waals surface area contributed by atoms with Crippen molar-refractivity contribution < 1.29 is 22.7 Å². The maximum absolute atomic E-state index is 12.7. The quantitative estimate of drug-likeness (QED) is 0.696. The van der Waals surface area contributed by atoms with Crippen LogP contribution in [-0.4, -0.2) is 51.6 Å². The summed E-state index contributed by atoms with van der Waals surface area (Å²) < 4.78 is 38.8. The number of nitrogens with one attached hydrogen (secondary N) is 2. The molecule has 0 aromatic heterocycles. The lowest BCUT2D eigenvalue weighted by Crippen LogP contribution is -2.47. The van der Waals surface area contributed by atoms with Crippen molar-refractivity contribution in [1.82, 2.24) is 10.0 Å². The highest BCUT2D eigenvalue weighted by atomic mass is 32.2. The van der Waals surface area contributed by atoms with Crippen LogP contribution in [0.5, 0.6) is 11.5 Å². The second kappa shape index (κ2) is 7.84. The fourth-order valence-corrected chi connectivity index (χ4v) is 4.17. The standard InChI is InChI=1S/C16H22N2O5S2/c1-24-9-6-13(16(19)17-11-2-3-11)18-25(20,21)12-4-5-14-15(10-12)23-8-7-22-14/h4-5,10-11,13,18H,2-3,6-9H2,1H3,(H,17,19). The maximum Gasteiger partial charge on any atom is 0.241 e. The molecule has 2 N–H and O–H groups in total. The molecule has 1 fully saturated rings. The van der Waals surface area contributed by atoms with Gasteiger partial charge in [-0.2, -0.15) is 16.5 Å². The molecule has 1 aliphatic heterocycles. The van der Waals surface area contributed by atoms with Crippen LogP contribution in [-0.2, 0) is 14.8 Å². The van der Waals surface area contributed by atoms with Gasteiger partial charge < -0.3 is 14.8 Å². The molecular formula is C16H22N2O5S2. The minimum atomic E-state index is -3.84. The van der Waals surface area contributed by atoms with E-state index in [9.17, 15) is 13.2 Å². The number of hydrogen-bond donors (Lipinski definition) is 2. The first-order chi connectivity index (χ1) is 12.0. The Kier molecular flexibility index (Phi) is 5.75. The van der Waals surface area contributed by atoms with Crippen molar-refractivity contribution in [2.75, 3.05) is 25.2 Å². The Bertz CT molecular complexity index is 734. The maximum atomic E-state index is 12.7. The van der Waals surface area contributed by atoms with Gasteiger partial charge in [0.05, 0.1) is 4.90 Å². The SMILES string of the molecule is CSCCC(NS(=O)(=O)c1ccc2c(c1)OCCO2)C(=O)NC1CC1. The van der Waals surface area contributed by atoms with Gasteiger partial charge in [0, 0.05) is 12.1 Å². The lowest BCUT2D eigenvalue weighted by molar-refractivity contribution is -0.122. The average Bonchev–Trinajstić information content (AvgIpc) is 3.42. The van der Waals surface area contributed by atoms with E-state index in [-0.39, 0.29) is 16.8 Å². The topological polar surface area (TPSA) is 93.7 Å². The molecule has 1 aromatic rings. The van der Waals surface area contributed by atoms with Gasteiger partial charge in [0.2, 0.25) is 15.9 Å². The van der Waals surface area contributed by atoms with Gasteiger partial charge in [-0.25, -0.2) is 8.42 Å². The van der Waals surface area contributed by atoms with E-state index in [1.54, 1.807) is 17.8 Å². The smallest absolute Gasteiger partial charge is 0.241 e. The molecule has 3 rings (SSSR count). The Hall–Kier alpha value is -1.45. The molecule has 2 aliphatic rings. The molecule has 9 heteroatoms. The summed E-state index contributed by atoms with van der Waals surface area (Å²) in [6.07, 6.45) is 4.26. The van der Waals surface area contributed by atoms with Gasteiger partial charge in [0.1, 0.15) is 19.3 Å². The number of carbonyl (C=O) groups excluding carboxylic acids is 1. The van der Waals surface area contributed by atoms with Crippen LogP contribution < -0.4 is 19.5 Å². The molecule has 1 atom stereocenters. The molecule has 1 aliphatic carbocycles. The van der Waals surface area contributed by atoms with E-state index in [4.69, 9.17) is 9.47 Å². The Morgan fingerprint density at radius 3 is 2.68 bits per heavy atom. The number of hydrogen-bond acceptors (Lipinski definition) is 6. The van der Waals surface area contributed by atoms with Gasteiger partial charge in [0.15, 0.2) is 11.5 Å². The van der Waals surface area contributed by atoms with E-state index in [1.165, 1.54) is 12.1 Å². The summed E-state index contributed by atoms with van der Waals surface area (Å²) in [5.41, 5.74) is 0. The minimum absolute atomic E-state index is 0.0603. The number of sulfonamides is 1. The molecule has 1 unspecified atom stereocenters. The number of benzene rings is 1. The average molecular weight is 386 g/mol. The van der Waals surface area contributed by atoms with Crippen molar-refractivity contribution in [3.63, 3.8) is 0 Å². The highest BCUT2D eigenvalue weighted by Gasteiger charge is 2.30. The fraction of sp³-hybridized carbons (Fsp3) is 0.562. The normalized spacial score (nSPS) is 17.8. The van der Waals surface area contributed by atoms with Gasteiger partial charge in [-0.1, -0.05) is 0 Å². The predicted octanol–water partition coefficient (Wildman–Crippen LogP) is 1.14. The van der Waals surface area contributed by atoms with Crippen LogP contribution in [0.2, 0.25) is 0 Å². The molecule has 138 valence electrons. The van der Waals surface area contributed by atoms with Gasteiger partial charge in [-0.3, -0.25) is 4.79 Å². The minimum Gasteiger partial charge on any atom is -0.486 e. The Labute approximate surface area is 151 Å². The van der Waals surface area contributed by atoms with Crippen LogP contribution in [0.4, 0.5) is 0 Å². The summed E-state index contributed by atoms with van der Waals surface area (Å²) in [6.45, 7) is 0.819. The molecule has 1 amide bonds. The monoisotopic (exact) mass is 386 g/mol. The van der Waals surface area contributed by atoms with E-state index in [2.05, 4.69) is 10.0 Å². The molecule has 1 heterocycles. The van der Waals surface area contributed by atoms with E-state index in [1.807, 2.05) is 6.26 Å². The van der Waals surface area contributed by atoms with Gasteiger partial charge in [-0.05, 0) is 43.4 Å². The lowest BCUT2D eigenvalue weighted by Gasteiger charge is -2.21. The molecule has 0 saturated heterocycles. The Morgan fingerprint density at radius 2 is 2.00 bits per heavy atom. The highest BCUT2D eigenvalue weighted by molar-refractivity contribution is 7.98. The number of fused-ring (bicyclic) bond motifs is 1. The van der Waals surface area contributed by atoms with Crippen LogP contribution in [0.25, 0.3) is 0 Å². The van der Waals surface area contributed by atoms with Crippen molar-refractivity contribution in [1.29, 1.82) is 0 Å². The second-order valence-corrected chi connectivity index (χ2v) is 8.74. The number of amides is 1. The summed E-state index contributed by atoms with van der Waals surface area (Å²) in [7, 11) is -3.84. The molecule has 0 bridgehead atoms. The predicted molar refractivity (Wildman–Crippen MR) is 95.7 cm³/mol. The van der Waals surface area contributed by atoms with E-state index >= 15 is 0 Å². The number of thioether (sulfide) groups is 1. The van der Waals surface area contributed by atoms with Crippen molar-refractivity contribution in [2.45, 2.75) is 36.2 Å². The van der Waals surface area contributed by atoms with Gasteiger partial charge >= 0.3 is 0 Å². The summed E-state index contributed by atoms with van der Waals surface area (Å²) in [4.78, 5) is 12.4. The number of rotatable bonds is 8. The number of ether oxygens (including phenoxy) is 2. The van der Waals surface area contributed by atoms with E-state index < -0.39 is 16.1 Å². The Balaban J connectivity index is 1.75. The summed E-state index contributed by atoms with van der Waals surface area (Å²) in [6, 6.07) is 3.86. The molecule has 0 spiro atoms. The highest BCUT2D eigenvalue weighted by Crippen LogP contribution is 2.32. The van der Waals surface area contributed by atoms with Crippen molar-refractivity contribution in [3.8, 4) is 11.5 Å². The molecule has 1 aromatic carbocycles. The van der Waals surface area contributed by atoms with Gasteiger partial charge in [0.25, 0.3) is 0 Å². The molecule has 1 saturated carbocycles. The third-order valence-corrected chi connectivity index (χ3v) is 6.09. The van der Waals surface area contributed by atoms with Crippen molar-refractivity contribution >= 4 is 27.7 Å². The first kappa shape index (κ1) is 18.3.